The summed E-state index contributed by atoms with van der Waals surface area (Å²) in [5.41, 5.74) is 5.57. The highest BCUT2D eigenvalue weighted by Gasteiger charge is 2.12. The number of nitrogens with two attached hydrogens (primary N) is 1. The van der Waals surface area contributed by atoms with Crippen molar-refractivity contribution in [3.05, 3.63) is 18.7 Å². The first-order valence-electron chi connectivity index (χ1n) is 4.53. The Bertz CT molecular complexity index is 272. The van der Waals surface area contributed by atoms with Gasteiger partial charge < -0.3 is 15.0 Å². The van der Waals surface area contributed by atoms with Crippen LogP contribution in [-0.4, -0.2) is 28.7 Å². The highest BCUT2D eigenvalue weighted by atomic mass is 16.5. The lowest BCUT2D eigenvalue weighted by Gasteiger charge is -2.08. The first kappa shape index (κ1) is 10.7. The van der Waals surface area contributed by atoms with Gasteiger partial charge in [0.25, 0.3) is 0 Å². The fraction of sp³-hybridized carbons (Fsp3) is 0.556. The third-order valence-corrected chi connectivity index (χ3v) is 1.99. The highest BCUT2D eigenvalue weighted by Crippen LogP contribution is 1.99. The summed E-state index contributed by atoms with van der Waals surface area (Å²) in [6.45, 7) is 0.824. The van der Waals surface area contributed by atoms with Crippen LogP contribution in [0.25, 0.3) is 0 Å². The van der Waals surface area contributed by atoms with Crippen molar-refractivity contribution in [2.24, 2.45) is 5.73 Å². The molecule has 0 aliphatic rings. The molecule has 1 aromatic rings. The number of hydrogen-bond acceptors (Lipinski definition) is 4. The van der Waals surface area contributed by atoms with E-state index in [2.05, 4.69) is 9.72 Å². The Labute approximate surface area is 82.9 Å². The van der Waals surface area contributed by atoms with Gasteiger partial charge >= 0.3 is 5.97 Å². The van der Waals surface area contributed by atoms with Crippen LogP contribution in [0.4, 0.5) is 0 Å². The van der Waals surface area contributed by atoms with Crippen LogP contribution in [0.3, 0.4) is 0 Å². The van der Waals surface area contributed by atoms with E-state index in [1.54, 1.807) is 12.5 Å². The molecular weight excluding hydrogens is 182 g/mol. The number of methoxy groups -OCH3 is 1. The van der Waals surface area contributed by atoms with Gasteiger partial charge in [-0.1, -0.05) is 0 Å². The van der Waals surface area contributed by atoms with Gasteiger partial charge in [-0.3, -0.25) is 4.79 Å². The Balaban J connectivity index is 2.18. The minimum Gasteiger partial charge on any atom is -0.468 e. The molecule has 0 spiro atoms. The van der Waals surface area contributed by atoms with E-state index >= 15 is 0 Å². The molecule has 0 aliphatic heterocycles. The van der Waals surface area contributed by atoms with Crippen LogP contribution in [0.2, 0.25) is 0 Å². The zero-order valence-electron chi connectivity index (χ0n) is 8.22. The number of ether oxygens (including phenoxy) is 1. The molecule has 1 unspecified atom stereocenters. The summed E-state index contributed by atoms with van der Waals surface area (Å²) in [6.07, 6.45) is 6.81. The molecule has 0 aromatic carbocycles. The Morgan fingerprint density at radius 3 is 3.07 bits per heavy atom. The Hall–Kier alpha value is -1.36. The molecule has 2 N–H and O–H groups in total. The molecule has 0 radical (unpaired) electrons. The number of aryl methyl sites for hydroxylation is 1. The quantitative estimate of drug-likeness (QED) is 0.683. The van der Waals surface area contributed by atoms with Gasteiger partial charge in [-0.25, -0.2) is 4.98 Å². The Morgan fingerprint density at radius 2 is 2.50 bits per heavy atom. The van der Waals surface area contributed by atoms with Crippen LogP contribution in [0.15, 0.2) is 18.7 Å². The molecule has 78 valence electrons. The normalized spacial score (nSPS) is 12.4. The smallest absolute Gasteiger partial charge is 0.322 e. The number of rotatable bonds is 5. The number of imidazole rings is 1. The lowest BCUT2D eigenvalue weighted by atomic mass is 10.2. The van der Waals surface area contributed by atoms with E-state index in [4.69, 9.17) is 5.73 Å². The van der Waals surface area contributed by atoms with Gasteiger partial charge in [-0.05, 0) is 12.8 Å². The summed E-state index contributed by atoms with van der Waals surface area (Å²) in [4.78, 5) is 14.8. The summed E-state index contributed by atoms with van der Waals surface area (Å²) in [6, 6.07) is -0.511. The predicted molar refractivity (Wildman–Crippen MR) is 51.5 cm³/mol. The van der Waals surface area contributed by atoms with E-state index in [0.717, 1.165) is 13.0 Å². The minimum atomic E-state index is -0.511. The van der Waals surface area contributed by atoms with Crippen LogP contribution in [0, 0.1) is 0 Å². The molecular formula is C9H15N3O2. The maximum atomic E-state index is 10.9. The van der Waals surface area contributed by atoms with Crippen molar-refractivity contribution in [2.75, 3.05) is 7.11 Å². The lowest BCUT2D eigenvalue weighted by molar-refractivity contribution is -0.142. The summed E-state index contributed by atoms with van der Waals surface area (Å²) in [7, 11) is 1.35. The van der Waals surface area contributed by atoms with Crippen molar-refractivity contribution in [3.8, 4) is 0 Å². The van der Waals surface area contributed by atoms with E-state index in [1.165, 1.54) is 7.11 Å². The second-order valence-corrected chi connectivity index (χ2v) is 3.07. The van der Waals surface area contributed by atoms with Crippen LogP contribution in [0.5, 0.6) is 0 Å². The SMILES string of the molecule is COC(=O)C(N)CCCn1ccnc1. The predicted octanol–water partition coefficient (Wildman–Crippen LogP) is 0.164. The summed E-state index contributed by atoms with van der Waals surface area (Å²) < 4.78 is 6.47. The first-order chi connectivity index (χ1) is 6.74. The van der Waals surface area contributed by atoms with Crippen molar-refractivity contribution < 1.29 is 9.53 Å². The molecule has 1 atom stereocenters. The number of esters is 1. The van der Waals surface area contributed by atoms with Crippen molar-refractivity contribution in [2.45, 2.75) is 25.4 Å². The molecule has 0 bridgehead atoms. The van der Waals surface area contributed by atoms with Crippen LogP contribution in [-0.2, 0) is 16.1 Å². The van der Waals surface area contributed by atoms with Crippen molar-refractivity contribution in [1.29, 1.82) is 0 Å². The van der Waals surface area contributed by atoms with Gasteiger partial charge in [0.2, 0.25) is 0 Å². The number of nitrogens with zero attached hydrogens (tertiary/aromatic N) is 2. The van der Waals surface area contributed by atoms with Gasteiger partial charge in [0.05, 0.1) is 13.4 Å². The molecule has 14 heavy (non-hydrogen) atoms. The maximum Gasteiger partial charge on any atom is 0.322 e. The lowest BCUT2D eigenvalue weighted by Crippen LogP contribution is -2.31. The van der Waals surface area contributed by atoms with Gasteiger partial charge in [-0.15, -0.1) is 0 Å². The second-order valence-electron chi connectivity index (χ2n) is 3.07. The van der Waals surface area contributed by atoms with Crippen LogP contribution < -0.4 is 5.73 Å². The van der Waals surface area contributed by atoms with Gasteiger partial charge in [0.15, 0.2) is 0 Å². The molecule has 0 aliphatic carbocycles. The van der Waals surface area contributed by atoms with Crippen molar-refractivity contribution in [1.82, 2.24) is 9.55 Å². The molecule has 1 heterocycles. The molecule has 0 saturated carbocycles. The number of carbonyl (C=O) groups excluding carboxylic acids is 1. The fourth-order valence-electron chi connectivity index (χ4n) is 1.18. The fourth-order valence-corrected chi connectivity index (χ4v) is 1.18. The topological polar surface area (TPSA) is 70.1 Å². The largest absolute Gasteiger partial charge is 0.468 e. The summed E-state index contributed by atoms with van der Waals surface area (Å²) in [5, 5.41) is 0. The van der Waals surface area contributed by atoms with Crippen molar-refractivity contribution >= 4 is 5.97 Å². The van der Waals surface area contributed by atoms with Gasteiger partial charge in [-0.2, -0.15) is 0 Å². The maximum absolute atomic E-state index is 10.9. The molecule has 5 heteroatoms. The van der Waals surface area contributed by atoms with Gasteiger partial charge in [0.1, 0.15) is 6.04 Å². The summed E-state index contributed by atoms with van der Waals surface area (Å²) in [5.74, 6) is -0.351. The standard InChI is InChI=1S/C9H15N3O2/c1-14-9(13)8(10)3-2-5-12-6-4-11-7-12/h4,6-8H,2-3,5,10H2,1H3. The second kappa shape index (κ2) is 5.39. The zero-order chi connectivity index (χ0) is 10.4. The average Bonchev–Trinajstić information content (AvgIpc) is 2.69. The molecule has 5 nitrogen and oxygen atoms in total. The molecule has 1 aromatic heterocycles. The van der Waals surface area contributed by atoms with E-state index in [1.807, 2.05) is 10.8 Å². The third kappa shape index (κ3) is 3.18. The van der Waals surface area contributed by atoms with Crippen LogP contribution in [0.1, 0.15) is 12.8 Å². The minimum absolute atomic E-state index is 0.351. The number of aromatic nitrogens is 2. The van der Waals surface area contributed by atoms with E-state index < -0.39 is 6.04 Å². The number of carbonyl (C=O) groups is 1. The first-order valence-corrected chi connectivity index (χ1v) is 4.53. The highest BCUT2D eigenvalue weighted by molar-refractivity contribution is 5.75. The van der Waals surface area contributed by atoms with E-state index in [9.17, 15) is 4.79 Å². The third-order valence-electron chi connectivity index (χ3n) is 1.99. The van der Waals surface area contributed by atoms with E-state index in [-0.39, 0.29) is 5.97 Å². The van der Waals surface area contributed by atoms with Crippen LogP contribution >= 0.6 is 0 Å². The van der Waals surface area contributed by atoms with Gasteiger partial charge in [0, 0.05) is 18.9 Å². The summed E-state index contributed by atoms with van der Waals surface area (Å²) >= 11 is 0. The molecule has 0 saturated heterocycles. The molecule has 0 amide bonds. The van der Waals surface area contributed by atoms with Crippen molar-refractivity contribution in [3.63, 3.8) is 0 Å². The zero-order valence-corrected chi connectivity index (χ0v) is 8.22. The monoisotopic (exact) mass is 197 g/mol. The number of hydrogen-bond donors (Lipinski definition) is 1. The van der Waals surface area contributed by atoms with E-state index in [0.29, 0.717) is 6.42 Å². The Kier molecular flexibility index (Phi) is 4.12. The average molecular weight is 197 g/mol. The Morgan fingerprint density at radius 1 is 1.71 bits per heavy atom. The molecule has 1 rings (SSSR count). The molecule has 0 fully saturated rings.